The molecule has 1 fully saturated rings. The summed E-state index contributed by atoms with van der Waals surface area (Å²) >= 11 is 1.38. The third-order valence-electron chi connectivity index (χ3n) is 3.21. The van der Waals surface area contributed by atoms with Gasteiger partial charge in [-0.1, -0.05) is 0 Å². The van der Waals surface area contributed by atoms with Crippen LogP contribution in [0.1, 0.15) is 12.6 Å². The Morgan fingerprint density at radius 1 is 1.65 bits per heavy atom. The van der Waals surface area contributed by atoms with E-state index in [0.29, 0.717) is 17.6 Å². The number of rotatable bonds is 2. The highest BCUT2D eigenvalue weighted by atomic mass is 32.1. The van der Waals surface area contributed by atoms with E-state index in [1.165, 1.54) is 11.3 Å². The number of hydrogen-bond donors (Lipinski definition) is 1. The Labute approximate surface area is 105 Å². The maximum atomic E-state index is 12.1. The highest BCUT2D eigenvalue weighted by Crippen LogP contribution is 2.14. The summed E-state index contributed by atoms with van der Waals surface area (Å²) in [5.74, 6) is 0.148. The van der Waals surface area contributed by atoms with Crippen LogP contribution in [0, 0.1) is 0 Å². The first kappa shape index (κ1) is 12.3. The lowest BCUT2D eigenvalue weighted by molar-refractivity contribution is -0.133. The van der Waals surface area contributed by atoms with Gasteiger partial charge in [-0.3, -0.25) is 4.79 Å². The zero-order valence-corrected chi connectivity index (χ0v) is 11.0. The van der Waals surface area contributed by atoms with E-state index in [0.717, 1.165) is 25.3 Å². The molecule has 17 heavy (non-hydrogen) atoms. The van der Waals surface area contributed by atoms with E-state index >= 15 is 0 Å². The van der Waals surface area contributed by atoms with Gasteiger partial charge < -0.3 is 15.5 Å². The number of nitrogens with zero attached hydrogens (tertiary/aromatic N) is 3. The molecule has 0 bridgehead atoms. The first-order valence-electron chi connectivity index (χ1n) is 5.74. The molecular weight excluding hydrogens is 236 g/mol. The smallest absolute Gasteiger partial charge is 0.228 e. The van der Waals surface area contributed by atoms with E-state index in [-0.39, 0.29) is 5.91 Å². The summed E-state index contributed by atoms with van der Waals surface area (Å²) in [5, 5.41) is 2.38. The van der Waals surface area contributed by atoms with Crippen molar-refractivity contribution in [3.8, 4) is 0 Å². The van der Waals surface area contributed by atoms with E-state index in [2.05, 4.69) is 23.9 Å². The molecule has 2 heterocycles. The number of piperazine rings is 1. The fourth-order valence-electron chi connectivity index (χ4n) is 1.95. The highest BCUT2D eigenvalue weighted by molar-refractivity contribution is 7.13. The van der Waals surface area contributed by atoms with Crippen molar-refractivity contribution in [2.75, 3.05) is 32.4 Å². The molecule has 1 atom stereocenters. The maximum absolute atomic E-state index is 12.1. The molecule has 0 aromatic carbocycles. The molecule has 1 amide bonds. The van der Waals surface area contributed by atoms with Gasteiger partial charge in [-0.15, -0.1) is 11.3 Å². The molecule has 1 aromatic rings. The SMILES string of the molecule is CC1CN(C(=O)Cc2csc(N)n2)CCN1C. The van der Waals surface area contributed by atoms with Crippen LogP contribution < -0.4 is 5.73 Å². The summed E-state index contributed by atoms with van der Waals surface area (Å²) in [4.78, 5) is 20.4. The van der Waals surface area contributed by atoms with Crippen LogP contribution in [0.5, 0.6) is 0 Å². The molecule has 5 nitrogen and oxygen atoms in total. The number of anilines is 1. The van der Waals surface area contributed by atoms with Crippen molar-refractivity contribution in [1.29, 1.82) is 0 Å². The fraction of sp³-hybridized carbons (Fsp3) is 0.636. The molecule has 1 unspecified atom stereocenters. The molecule has 94 valence electrons. The molecule has 0 spiro atoms. The van der Waals surface area contributed by atoms with E-state index in [1.54, 1.807) is 0 Å². The number of carbonyl (C=O) groups is 1. The van der Waals surface area contributed by atoms with Crippen molar-refractivity contribution >= 4 is 22.4 Å². The Morgan fingerprint density at radius 3 is 3.00 bits per heavy atom. The Morgan fingerprint density at radius 2 is 2.41 bits per heavy atom. The van der Waals surface area contributed by atoms with Crippen LogP contribution >= 0.6 is 11.3 Å². The zero-order valence-electron chi connectivity index (χ0n) is 10.2. The van der Waals surface area contributed by atoms with Crippen LogP contribution in [0.25, 0.3) is 0 Å². The van der Waals surface area contributed by atoms with Crippen LogP contribution in [0.3, 0.4) is 0 Å². The summed E-state index contributed by atoms with van der Waals surface area (Å²) in [6.07, 6.45) is 0.365. The molecule has 6 heteroatoms. The third kappa shape index (κ3) is 2.95. The van der Waals surface area contributed by atoms with E-state index in [1.807, 2.05) is 10.3 Å². The Kier molecular flexibility index (Phi) is 3.63. The zero-order chi connectivity index (χ0) is 12.4. The lowest BCUT2D eigenvalue weighted by atomic mass is 10.2. The van der Waals surface area contributed by atoms with E-state index < -0.39 is 0 Å². The average molecular weight is 254 g/mol. The minimum absolute atomic E-state index is 0.148. The van der Waals surface area contributed by atoms with Gasteiger partial charge in [-0.2, -0.15) is 0 Å². The number of hydrogen-bond acceptors (Lipinski definition) is 5. The monoisotopic (exact) mass is 254 g/mol. The first-order valence-corrected chi connectivity index (χ1v) is 6.62. The first-order chi connectivity index (χ1) is 8.06. The van der Waals surface area contributed by atoms with Gasteiger partial charge in [-0.05, 0) is 14.0 Å². The van der Waals surface area contributed by atoms with Gasteiger partial charge >= 0.3 is 0 Å². The number of likely N-dealkylation sites (N-methyl/N-ethyl adjacent to an activating group) is 1. The van der Waals surface area contributed by atoms with Crippen LogP contribution in [-0.4, -0.2) is 53.4 Å². The lowest BCUT2D eigenvalue weighted by Gasteiger charge is -2.37. The molecule has 1 aliphatic heterocycles. The Hall–Kier alpha value is -1.14. The topological polar surface area (TPSA) is 62.5 Å². The number of carbonyl (C=O) groups excluding carboxylic acids is 1. The van der Waals surface area contributed by atoms with Gasteiger partial charge in [-0.25, -0.2) is 4.98 Å². The summed E-state index contributed by atoms with van der Waals surface area (Å²) in [7, 11) is 2.09. The van der Waals surface area contributed by atoms with Gasteiger partial charge in [0.25, 0.3) is 0 Å². The van der Waals surface area contributed by atoms with Gasteiger partial charge in [0.2, 0.25) is 5.91 Å². The quantitative estimate of drug-likeness (QED) is 0.831. The second-order valence-corrected chi connectivity index (χ2v) is 5.41. The van der Waals surface area contributed by atoms with Crippen molar-refractivity contribution < 1.29 is 4.79 Å². The summed E-state index contributed by atoms with van der Waals surface area (Å²) in [6, 6.07) is 0.424. The van der Waals surface area contributed by atoms with Crippen LogP contribution in [-0.2, 0) is 11.2 Å². The molecule has 2 N–H and O–H groups in total. The number of amides is 1. The van der Waals surface area contributed by atoms with Crippen LogP contribution in [0.2, 0.25) is 0 Å². The van der Waals surface area contributed by atoms with E-state index in [4.69, 9.17) is 5.73 Å². The van der Waals surface area contributed by atoms with Crippen LogP contribution in [0.15, 0.2) is 5.38 Å². The van der Waals surface area contributed by atoms with Gasteiger partial charge in [0, 0.05) is 31.1 Å². The van der Waals surface area contributed by atoms with Gasteiger partial charge in [0.1, 0.15) is 0 Å². The number of thiazole rings is 1. The molecule has 1 saturated heterocycles. The third-order valence-corrected chi connectivity index (χ3v) is 3.94. The largest absolute Gasteiger partial charge is 0.375 e. The molecule has 0 saturated carbocycles. The number of nitrogens with two attached hydrogens (primary N) is 1. The number of nitrogen functional groups attached to an aromatic ring is 1. The molecule has 1 aromatic heterocycles. The van der Waals surface area contributed by atoms with Crippen molar-refractivity contribution in [3.63, 3.8) is 0 Å². The van der Waals surface area contributed by atoms with E-state index in [9.17, 15) is 4.79 Å². The summed E-state index contributed by atoms with van der Waals surface area (Å²) in [5.41, 5.74) is 6.33. The molecule has 0 aliphatic carbocycles. The average Bonchev–Trinajstić information content (AvgIpc) is 2.68. The molecular formula is C11H18N4OS. The summed E-state index contributed by atoms with van der Waals surface area (Å²) < 4.78 is 0. The summed E-state index contributed by atoms with van der Waals surface area (Å²) in [6.45, 7) is 4.68. The van der Waals surface area contributed by atoms with Crippen molar-refractivity contribution in [2.24, 2.45) is 0 Å². The van der Waals surface area contributed by atoms with Crippen molar-refractivity contribution in [2.45, 2.75) is 19.4 Å². The van der Waals surface area contributed by atoms with Crippen molar-refractivity contribution in [1.82, 2.24) is 14.8 Å². The second-order valence-electron chi connectivity index (χ2n) is 4.52. The number of aromatic nitrogens is 1. The van der Waals surface area contributed by atoms with Gasteiger partial charge in [0.15, 0.2) is 5.13 Å². The standard InChI is InChI=1S/C11H18N4OS/c1-8-6-15(4-3-14(8)2)10(16)5-9-7-17-11(12)13-9/h7-8H,3-6H2,1-2H3,(H2,12,13). The lowest BCUT2D eigenvalue weighted by Crippen LogP contribution is -2.52. The van der Waals surface area contributed by atoms with Gasteiger partial charge in [0.05, 0.1) is 12.1 Å². The molecule has 2 rings (SSSR count). The predicted molar refractivity (Wildman–Crippen MR) is 68.9 cm³/mol. The Balaban J connectivity index is 1.92. The fourth-order valence-corrected chi connectivity index (χ4v) is 2.51. The predicted octanol–water partition coefficient (Wildman–Crippen LogP) is 0.430. The minimum Gasteiger partial charge on any atom is -0.375 e. The van der Waals surface area contributed by atoms with Crippen molar-refractivity contribution in [3.05, 3.63) is 11.1 Å². The normalized spacial score (nSPS) is 21.8. The maximum Gasteiger partial charge on any atom is 0.228 e. The second kappa shape index (κ2) is 5.01. The Bertz CT molecular complexity index is 406. The minimum atomic E-state index is 0.148. The molecule has 0 radical (unpaired) electrons. The molecule has 1 aliphatic rings. The van der Waals surface area contributed by atoms with Crippen LogP contribution in [0.4, 0.5) is 5.13 Å². The highest BCUT2D eigenvalue weighted by Gasteiger charge is 2.24.